The van der Waals surface area contributed by atoms with Gasteiger partial charge in [-0.25, -0.2) is 0 Å². The van der Waals surface area contributed by atoms with Crippen LogP contribution in [-0.2, 0) is 18.9 Å². The van der Waals surface area contributed by atoms with Crippen molar-refractivity contribution < 1.29 is 29.2 Å². The second kappa shape index (κ2) is 6.82. The van der Waals surface area contributed by atoms with E-state index in [-0.39, 0.29) is 0 Å². The average molecular weight is 342 g/mol. The normalized spacial score (nSPS) is 37.8. The molecule has 6 heteroatoms. The van der Waals surface area contributed by atoms with Gasteiger partial charge in [0.15, 0.2) is 11.6 Å². The van der Waals surface area contributed by atoms with E-state index in [4.69, 9.17) is 18.9 Å². The number of hydrogen-bond donors (Lipinski definition) is 2. The van der Waals surface area contributed by atoms with Crippen LogP contribution in [0.3, 0.4) is 0 Å². The van der Waals surface area contributed by atoms with Crippen molar-refractivity contribution in [3.63, 3.8) is 0 Å². The third-order valence-corrected chi connectivity index (χ3v) is 6.10. The molecule has 0 bridgehead atoms. The van der Waals surface area contributed by atoms with E-state index in [9.17, 15) is 10.2 Å². The Morgan fingerprint density at radius 3 is 1.38 bits per heavy atom. The fourth-order valence-corrected chi connectivity index (χ4v) is 4.64. The molecule has 4 aliphatic rings. The van der Waals surface area contributed by atoms with E-state index >= 15 is 0 Å². The first-order chi connectivity index (χ1) is 11.6. The summed E-state index contributed by atoms with van der Waals surface area (Å²) in [4.78, 5) is 0. The molecule has 4 rings (SSSR count). The molecule has 138 valence electrons. The number of ether oxygens (including phenoxy) is 4. The largest absolute Gasteiger partial charge is 0.387 e. The lowest BCUT2D eigenvalue weighted by atomic mass is 9.94. The Labute approximate surface area is 143 Å². The molecule has 2 saturated carbocycles. The number of aliphatic hydroxyl groups is 2. The summed E-state index contributed by atoms with van der Waals surface area (Å²) in [6.45, 7) is 0.661. The molecule has 2 heterocycles. The van der Waals surface area contributed by atoms with E-state index in [1.165, 1.54) is 12.8 Å². The van der Waals surface area contributed by atoms with Crippen molar-refractivity contribution >= 4 is 0 Å². The Morgan fingerprint density at radius 2 is 1.00 bits per heavy atom. The van der Waals surface area contributed by atoms with Gasteiger partial charge in [-0.2, -0.15) is 0 Å². The fraction of sp³-hybridized carbons (Fsp3) is 1.00. The summed E-state index contributed by atoms with van der Waals surface area (Å²) < 4.78 is 23.8. The van der Waals surface area contributed by atoms with Gasteiger partial charge in [-0.1, -0.05) is 12.8 Å². The second-order valence-corrected chi connectivity index (χ2v) is 7.86. The maximum Gasteiger partial charge on any atom is 0.169 e. The Morgan fingerprint density at radius 1 is 0.625 bits per heavy atom. The molecule has 4 atom stereocenters. The molecule has 0 aromatic heterocycles. The molecule has 0 aromatic carbocycles. The van der Waals surface area contributed by atoms with Gasteiger partial charge < -0.3 is 29.2 Å². The van der Waals surface area contributed by atoms with Crippen molar-refractivity contribution in [2.75, 3.05) is 13.2 Å². The smallest absolute Gasteiger partial charge is 0.169 e. The fourth-order valence-electron chi connectivity index (χ4n) is 4.64. The van der Waals surface area contributed by atoms with Crippen molar-refractivity contribution in [3.8, 4) is 0 Å². The molecule has 0 amide bonds. The average Bonchev–Trinajstić information content (AvgIpc) is 3.20. The summed E-state index contributed by atoms with van der Waals surface area (Å²) in [6.07, 6.45) is 7.25. The van der Waals surface area contributed by atoms with Gasteiger partial charge in [0.1, 0.15) is 24.4 Å². The van der Waals surface area contributed by atoms with Crippen LogP contribution in [0.25, 0.3) is 0 Å². The first kappa shape index (κ1) is 17.2. The lowest BCUT2D eigenvalue weighted by Gasteiger charge is -2.34. The van der Waals surface area contributed by atoms with Gasteiger partial charge >= 0.3 is 0 Å². The summed E-state index contributed by atoms with van der Waals surface area (Å²) in [6, 6.07) is 0. The van der Waals surface area contributed by atoms with Crippen molar-refractivity contribution in [3.05, 3.63) is 0 Å². The molecule has 24 heavy (non-hydrogen) atoms. The zero-order chi connectivity index (χ0) is 16.6. The molecule has 2 spiro atoms. The van der Waals surface area contributed by atoms with E-state index in [1.54, 1.807) is 0 Å². The standard InChI is InChI=1S/C18H30O6/c19-15(13-11-21-17(23-13)7-3-1-4-8-17)16(20)14-12-22-18(24-14)9-5-2-6-10-18/h13-16,19-20H,1-12H2/t13-,14-,15?,16?/m1/s1. The van der Waals surface area contributed by atoms with Crippen LogP contribution in [0.4, 0.5) is 0 Å². The van der Waals surface area contributed by atoms with Gasteiger partial charge in [-0.3, -0.25) is 0 Å². The predicted molar refractivity (Wildman–Crippen MR) is 85.3 cm³/mol. The van der Waals surface area contributed by atoms with E-state index < -0.39 is 36.0 Å². The molecule has 4 fully saturated rings. The van der Waals surface area contributed by atoms with E-state index in [2.05, 4.69) is 0 Å². The van der Waals surface area contributed by atoms with Crippen LogP contribution in [0.15, 0.2) is 0 Å². The van der Waals surface area contributed by atoms with Gasteiger partial charge in [-0.15, -0.1) is 0 Å². The number of rotatable bonds is 3. The van der Waals surface area contributed by atoms with Crippen LogP contribution in [0, 0.1) is 0 Å². The highest BCUT2D eigenvalue weighted by Crippen LogP contribution is 2.41. The summed E-state index contributed by atoms with van der Waals surface area (Å²) >= 11 is 0. The quantitative estimate of drug-likeness (QED) is 0.815. The molecule has 0 radical (unpaired) electrons. The van der Waals surface area contributed by atoms with Crippen LogP contribution in [0.2, 0.25) is 0 Å². The minimum Gasteiger partial charge on any atom is -0.387 e. The monoisotopic (exact) mass is 342 g/mol. The van der Waals surface area contributed by atoms with Crippen LogP contribution in [0.1, 0.15) is 64.2 Å². The molecular weight excluding hydrogens is 312 g/mol. The highest BCUT2D eigenvalue weighted by Gasteiger charge is 2.50. The maximum atomic E-state index is 10.6. The van der Waals surface area contributed by atoms with Gasteiger partial charge in [0.05, 0.1) is 13.2 Å². The molecule has 2 aliphatic heterocycles. The van der Waals surface area contributed by atoms with Crippen molar-refractivity contribution in [2.45, 2.75) is 100 Å². The molecule has 2 unspecified atom stereocenters. The van der Waals surface area contributed by atoms with Crippen LogP contribution in [-0.4, -0.2) is 59.4 Å². The zero-order valence-corrected chi connectivity index (χ0v) is 14.3. The molecule has 2 N–H and O–H groups in total. The number of hydrogen-bond acceptors (Lipinski definition) is 6. The minimum absolute atomic E-state index is 0.330. The SMILES string of the molecule is OC(C(O)[C@H]1COC2(CCCCC2)O1)[C@H]1COC2(CCCCC2)O1. The lowest BCUT2D eigenvalue weighted by molar-refractivity contribution is -0.217. The van der Waals surface area contributed by atoms with Crippen molar-refractivity contribution in [2.24, 2.45) is 0 Å². The third-order valence-electron chi connectivity index (χ3n) is 6.10. The van der Waals surface area contributed by atoms with Gasteiger partial charge in [0.2, 0.25) is 0 Å². The van der Waals surface area contributed by atoms with Gasteiger partial charge in [-0.05, 0) is 25.7 Å². The first-order valence-electron chi connectivity index (χ1n) is 9.61. The van der Waals surface area contributed by atoms with Crippen LogP contribution < -0.4 is 0 Å². The van der Waals surface area contributed by atoms with Gasteiger partial charge in [0, 0.05) is 25.7 Å². The molecular formula is C18H30O6. The summed E-state index contributed by atoms with van der Waals surface area (Å²) in [7, 11) is 0. The third kappa shape index (κ3) is 3.24. The summed E-state index contributed by atoms with van der Waals surface area (Å²) in [5.74, 6) is -1.08. The maximum absolute atomic E-state index is 10.6. The summed E-state index contributed by atoms with van der Waals surface area (Å²) in [5.41, 5.74) is 0. The van der Waals surface area contributed by atoms with Crippen LogP contribution >= 0.6 is 0 Å². The Bertz CT molecular complexity index is 389. The molecule has 0 aromatic rings. The summed E-state index contributed by atoms with van der Waals surface area (Å²) in [5, 5.41) is 21.2. The topological polar surface area (TPSA) is 77.4 Å². The van der Waals surface area contributed by atoms with Gasteiger partial charge in [0.25, 0.3) is 0 Å². The van der Waals surface area contributed by atoms with Crippen molar-refractivity contribution in [1.29, 1.82) is 0 Å². The van der Waals surface area contributed by atoms with Crippen molar-refractivity contribution in [1.82, 2.24) is 0 Å². The number of aliphatic hydroxyl groups excluding tert-OH is 2. The molecule has 2 aliphatic carbocycles. The Balaban J connectivity index is 1.34. The minimum atomic E-state index is -1.02. The second-order valence-electron chi connectivity index (χ2n) is 7.86. The Kier molecular flexibility index (Phi) is 4.88. The molecule has 2 saturated heterocycles. The molecule has 6 nitrogen and oxygen atoms in total. The van der Waals surface area contributed by atoms with E-state index in [0.29, 0.717) is 13.2 Å². The van der Waals surface area contributed by atoms with Crippen LogP contribution in [0.5, 0.6) is 0 Å². The Hall–Kier alpha value is -0.240. The van der Waals surface area contributed by atoms with E-state index in [1.807, 2.05) is 0 Å². The highest BCUT2D eigenvalue weighted by molar-refractivity contribution is 4.93. The first-order valence-corrected chi connectivity index (χ1v) is 9.61. The highest BCUT2D eigenvalue weighted by atomic mass is 16.8. The lowest BCUT2D eigenvalue weighted by Crippen LogP contribution is -2.48. The van der Waals surface area contributed by atoms with E-state index in [0.717, 1.165) is 51.4 Å². The predicted octanol–water partition coefficient (Wildman–Crippen LogP) is 1.86. The zero-order valence-electron chi connectivity index (χ0n) is 14.3.